The van der Waals surface area contributed by atoms with E-state index in [-0.39, 0.29) is 0 Å². The van der Waals surface area contributed by atoms with Gasteiger partial charge in [0.1, 0.15) is 5.82 Å². The number of nitrogens with zero attached hydrogens (tertiary/aromatic N) is 2. The molecule has 1 aromatic rings. The van der Waals surface area contributed by atoms with Crippen LogP contribution in [0.1, 0.15) is 13.3 Å². The zero-order valence-corrected chi connectivity index (χ0v) is 11.6. The Kier molecular flexibility index (Phi) is 5.72. The molecule has 0 aliphatic rings. The highest BCUT2D eigenvalue weighted by Gasteiger charge is 2.10. The summed E-state index contributed by atoms with van der Waals surface area (Å²) in [5.74, 6) is 1.39. The molecular formula is C10H13BrCl2N2. The fraction of sp³-hybridized carbons (Fsp3) is 0.500. The Hall–Kier alpha value is 0.01000. The molecule has 0 amide bonds. The van der Waals surface area contributed by atoms with E-state index in [0.717, 1.165) is 29.8 Å². The average molecular weight is 312 g/mol. The van der Waals surface area contributed by atoms with Crippen LogP contribution in [-0.4, -0.2) is 24.0 Å². The van der Waals surface area contributed by atoms with E-state index in [4.69, 9.17) is 23.2 Å². The first-order valence-electron chi connectivity index (χ1n) is 4.81. The van der Waals surface area contributed by atoms with E-state index in [9.17, 15) is 0 Å². The van der Waals surface area contributed by atoms with E-state index in [1.165, 1.54) is 0 Å². The second-order valence-corrected chi connectivity index (χ2v) is 4.84. The lowest BCUT2D eigenvalue weighted by Crippen LogP contribution is -2.27. The van der Waals surface area contributed by atoms with Crippen molar-refractivity contribution in [3.63, 3.8) is 0 Å². The molecule has 0 aliphatic carbocycles. The van der Waals surface area contributed by atoms with Gasteiger partial charge in [0.05, 0.1) is 5.02 Å². The molecule has 1 aromatic heterocycles. The van der Waals surface area contributed by atoms with Gasteiger partial charge in [0, 0.05) is 29.6 Å². The minimum Gasteiger partial charge on any atom is -0.354 e. The molecule has 0 bridgehead atoms. The molecule has 0 saturated heterocycles. The minimum absolute atomic E-state index is 0.577. The molecular weight excluding hydrogens is 299 g/mol. The van der Waals surface area contributed by atoms with Gasteiger partial charge in [-0.15, -0.1) is 11.6 Å². The first kappa shape index (κ1) is 13.1. The predicted molar refractivity (Wildman–Crippen MR) is 70.2 cm³/mol. The predicted octanol–water partition coefficient (Wildman–Crippen LogP) is 3.95. The van der Waals surface area contributed by atoms with Crippen molar-refractivity contribution in [1.82, 2.24) is 4.98 Å². The van der Waals surface area contributed by atoms with E-state index in [1.54, 1.807) is 6.20 Å². The number of alkyl halides is 1. The van der Waals surface area contributed by atoms with Crippen LogP contribution in [0, 0.1) is 0 Å². The van der Waals surface area contributed by atoms with Crippen molar-refractivity contribution in [2.75, 3.05) is 23.9 Å². The Labute approximate surface area is 109 Å². The number of rotatable bonds is 5. The fourth-order valence-electron chi connectivity index (χ4n) is 1.34. The number of hydrogen-bond donors (Lipinski definition) is 0. The number of pyridine rings is 1. The monoisotopic (exact) mass is 310 g/mol. The van der Waals surface area contributed by atoms with Crippen molar-refractivity contribution in [3.8, 4) is 0 Å². The maximum atomic E-state index is 6.12. The summed E-state index contributed by atoms with van der Waals surface area (Å²) in [5, 5.41) is 0.656. The molecule has 5 heteroatoms. The van der Waals surface area contributed by atoms with Gasteiger partial charge in [-0.2, -0.15) is 0 Å². The largest absolute Gasteiger partial charge is 0.354 e. The Morgan fingerprint density at radius 2 is 2.20 bits per heavy atom. The second kappa shape index (κ2) is 6.56. The Morgan fingerprint density at radius 3 is 2.73 bits per heavy atom. The van der Waals surface area contributed by atoms with Crippen LogP contribution in [0.2, 0.25) is 5.02 Å². The molecule has 0 saturated carbocycles. The average Bonchev–Trinajstić information content (AvgIpc) is 2.17. The van der Waals surface area contributed by atoms with E-state index in [0.29, 0.717) is 10.9 Å². The lowest BCUT2D eigenvalue weighted by Gasteiger charge is -2.22. The van der Waals surface area contributed by atoms with Gasteiger partial charge in [-0.05, 0) is 28.4 Å². The van der Waals surface area contributed by atoms with E-state index in [2.05, 4.69) is 32.7 Å². The van der Waals surface area contributed by atoms with Crippen LogP contribution in [0.3, 0.4) is 0 Å². The summed E-state index contributed by atoms with van der Waals surface area (Å²) in [4.78, 5) is 6.40. The zero-order valence-electron chi connectivity index (χ0n) is 8.51. The molecule has 1 heterocycles. The lowest BCUT2D eigenvalue weighted by molar-refractivity contribution is 0.781. The molecule has 0 spiro atoms. The topological polar surface area (TPSA) is 16.1 Å². The molecule has 0 aromatic carbocycles. The van der Waals surface area contributed by atoms with Gasteiger partial charge in [0.2, 0.25) is 0 Å². The molecule has 15 heavy (non-hydrogen) atoms. The number of halogens is 3. The van der Waals surface area contributed by atoms with Gasteiger partial charge < -0.3 is 4.90 Å². The summed E-state index contributed by atoms with van der Waals surface area (Å²) in [6.45, 7) is 3.80. The SMILES string of the molecule is CCCN(CCCl)c1ncc(Br)cc1Cl. The van der Waals surface area contributed by atoms with Crippen LogP contribution in [0.4, 0.5) is 5.82 Å². The van der Waals surface area contributed by atoms with Crippen molar-refractivity contribution >= 4 is 44.9 Å². The van der Waals surface area contributed by atoms with Gasteiger partial charge in [0.15, 0.2) is 0 Å². The number of aromatic nitrogens is 1. The van der Waals surface area contributed by atoms with Crippen LogP contribution < -0.4 is 4.90 Å². The van der Waals surface area contributed by atoms with Crippen molar-refractivity contribution in [2.24, 2.45) is 0 Å². The van der Waals surface area contributed by atoms with Gasteiger partial charge in [0.25, 0.3) is 0 Å². The van der Waals surface area contributed by atoms with Crippen LogP contribution in [-0.2, 0) is 0 Å². The summed E-state index contributed by atoms with van der Waals surface area (Å²) < 4.78 is 0.888. The molecule has 0 aliphatic heterocycles. The summed E-state index contributed by atoms with van der Waals surface area (Å²) in [5.41, 5.74) is 0. The molecule has 1 rings (SSSR count). The number of hydrogen-bond acceptors (Lipinski definition) is 2. The lowest BCUT2D eigenvalue weighted by atomic mass is 10.3. The summed E-state index contributed by atoms with van der Waals surface area (Å²) in [6, 6.07) is 1.85. The second-order valence-electron chi connectivity index (χ2n) is 3.13. The standard InChI is InChI=1S/C10H13BrCl2N2/c1-2-4-15(5-3-12)10-9(13)6-8(11)7-14-10/h6-7H,2-5H2,1H3. The minimum atomic E-state index is 0.577. The smallest absolute Gasteiger partial charge is 0.147 e. The third-order valence-corrected chi connectivity index (χ3v) is 2.82. The Bertz CT molecular complexity index is 314. The van der Waals surface area contributed by atoms with Gasteiger partial charge in [-0.1, -0.05) is 18.5 Å². The van der Waals surface area contributed by atoms with E-state index < -0.39 is 0 Å². The van der Waals surface area contributed by atoms with Crippen molar-refractivity contribution in [2.45, 2.75) is 13.3 Å². The van der Waals surface area contributed by atoms with Crippen LogP contribution in [0.5, 0.6) is 0 Å². The molecule has 2 nitrogen and oxygen atoms in total. The van der Waals surface area contributed by atoms with Crippen molar-refractivity contribution in [1.29, 1.82) is 0 Å². The highest BCUT2D eigenvalue weighted by Crippen LogP contribution is 2.26. The van der Waals surface area contributed by atoms with Gasteiger partial charge >= 0.3 is 0 Å². The quantitative estimate of drug-likeness (QED) is 0.765. The molecule has 0 atom stereocenters. The van der Waals surface area contributed by atoms with Gasteiger partial charge in [-0.3, -0.25) is 0 Å². The summed E-state index contributed by atoms with van der Waals surface area (Å²) >= 11 is 15.2. The first-order valence-corrected chi connectivity index (χ1v) is 6.51. The van der Waals surface area contributed by atoms with Crippen LogP contribution in [0.15, 0.2) is 16.7 Å². The Morgan fingerprint density at radius 1 is 1.47 bits per heavy atom. The van der Waals surface area contributed by atoms with Crippen molar-refractivity contribution < 1.29 is 0 Å². The third kappa shape index (κ3) is 3.82. The molecule has 84 valence electrons. The maximum absolute atomic E-state index is 6.12. The van der Waals surface area contributed by atoms with Crippen LogP contribution >= 0.6 is 39.1 Å². The third-order valence-electron chi connectivity index (χ3n) is 1.94. The fourth-order valence-corrected chi connectivity index (χ4v) is 2.29. The molecule has 0 fully saturated rings. The normalized spacial score (nSPS) is 10.4. The molecule has 0 N–H and O–H groups in total. The van der Waals surface area contributed by atoms with Crippen molar-refractivity contribution in [3.05, 3.63) is 21.8 Å². The highest BCUT2D eigenvalue weighted by molar-refractivity contribution is 9.10. The Balaban J connectivity index is 2.89. The molecule has 0 radical (unpaired) electrons. The number of anilines is 1. The van der Waals surface area contributed by atoms with E-state index >= 15 is 0 Å². The van der Waals surface area contributed by atoms with E-state index in [1.807, 2.05) is 6.07 Å². The molecule has 0 unspecified atom stereocenters. The van der Waals surface area contributed by atoms with Gasteiger partial charge in [-0.25, -0.2) is 4.98 Å². The zero-order chi connectivity index (χ0) is 11.3. The first-order chi connectivity index (χ1) is 7.19. The summed E-state index contributed by atoms with van der Waals surface area (Å²) in [6.07, 6.45) is 2.79. The summed E-state index contributed by atoms with van der Waals surface area (Å²) in [7, 11) is 0. The highest BCUT2D eigenvalue weighted by atomic mass is 79.9. The maximum Gasteiger partial charge on any atom is 0.147 e. The van der Waals surface area contributed by atoms with Crippen LogP contribution in [0.25, 0.3) is 0 Å².